The van der Waals surface area contributed by atoms with Gasteiger partial charge in [0.25, 0.3) is 0 Å². The van der Waals surface area contributed by atoms with Gasteiger partial charge in [-0.1, -0.05) is 12.1 Å². The number of hydrogen-bond acceptors (Lipinski definition) is 6. The fraction of sp³-hybridized carbons (Fsp3) is 0.333. The van der Waals surface area contributed by atoms with Gasteiger partial charge in [0.1, 0.15) is 6.07 Å². The molecule has 0 spiro atoms. The highest BCUT2D eigenvalue weighted by Crippen LogP contribution is 2.54. The van der Waals surface area contributed by atoms with Crippen molar-refractivity contribution >= 4 is 17.2 Å². The van der Waals surface area contributed by atoms with Crippen molar-refractivity contribution in [2.45, 2.75) is 12.8 Å². The molecule has 0 saturated heterocycles. The maximum Gasteiger partial charge on any atom is 0.219 e. The maximum atomic E-state index is 11.8. The third-order valence-electron chi connectivity index (χ3n) is 4.96. The van der Waals surface area contributed by atoms with Crippen molar-refractivity contribution in [1.29, 1.82) is 15.8 Å². The molecule has 1 aromatic rings. The average Bonchev–Trinajstić information content (AvgIpc) is 3.14. The predicted octanol–water partition coefficient (Wildman–Crippen LogP) is 2.02. The first-order valence-corrected chi connectivity index (χ1v) is 8.60. The van der Waals surface area contributed by atoms with Crippen LogP contribution in [0.15, 0.2) is 40.4 Å². The number of carbonyl (C=O) groups is 1. The lowest BCUT2D eigenvalue weighted by Gasteiger charge is -2.44. The normalized spacial score (nSPS) is 24.4. The number of hydrogen-bond donors (Lipinski definition) is 1. The summed E-state index contributed by atoms with van der Waals surface area (Å²) in [5.74, 6) is -0.925. The zero-order valence-corrected chi connectivity index (χ0v) is 14.4. The molecule has 0 bridgehead atoms. The summed E-state index contributed by atoms with van der Waals surface area (Å²) in [6.07, 6.45) is 1.82. The molecule has 124 valence electrons. The second-order valence-corrected chi connectivity index (χ2v) is 7.09. The topological polar surface area (TPSA) is 118 Å². The minimum Gasteiger partial charge on any atom is -0.399 e. The van der Waals surface area contributed by atoms with E-state index < -0.39 is 11.3 Å². The maximum absolute atomic E-state index is 11.8. The number of nitrogens with two attached hydrogens (primary N) is 1. The number of thiophene rings is 1. The fourth-order valence-electron chi connectivity index (χ4n) is 3.71. The van der Waals surface area contributed by atoms with E-state index in [1.807, 2.05) is 23.6 Å². The second-order valence-electron chi connectivity index (χ2n) is 6.12. The Hall–Kier alpha value is -3.08. The highest BCUT2D eigenvalue weighted by molar-refractivity contribution is 7.10. The second kappa shape index (κ2) is 6.09. The summed E-state index contributed by atoms with van der Waals surface area (Å²) in [6.45, 7) is 2.23. The minimum absolute atomic E-state index is 0.0113. The van der Waals surface area contributed by atoms with Gasteiger partial charge in [0.05, 0.1) is 23.4 Å². The lowest BCUT2D eigenvalue weighted by Crippen LogP contribution is -2.48. The molecule has 1 aliphatic heterocycles. The zero-order valence-electron chi connectivity index (χ0n) is 13.6. The van der Waals surface area contributed by atoms with Crippen LogP contribution in [0.25, 0.3) is 0 Å². The Morgan fingerprint density at radius 1 is 1.40 bits per heavy atom. The number of amides is 1. The van der Waals surface area contributed by atoms with E-state index in [1.54, 1.807) is 4.90 Å². The molecule has 0 saturated carbocycles. The third-order valence-corrected chi connectivity index (χ3v) is 5.91. The first kappa shape index (κ1) is 16.8. The van der Waals surface area contributed by atoms with Crippen LogP contribution in [0.2, 0.25) is 0 Å². The van der Waals surface area contributed by atoms with Crippen LogP contribution in [0, 0.1) is 45.3 Å². The Morgan fingerprint density at radius 2 is 2.12 bits per heavy atom. The summed E-state index contributed by atoms with van der Waals surface area (Å²) < 4.78 is 0. The molecule has 6 nitrogen and oxygen atoms in total. The van der Waals surface area contributed by atoms with Crippen molar-refractivity contribution in [1.82, 2.24) is 4.90 Å². The number of allylic oxidation sites excluding steroid dienone is 2. The highest BCUT2D eigenvalue weighted by Gasteiger charge is 2.55. The molecule has 1 aliphatic carbocycles. The van der Waals surface area contributed by atoms with Crippen molar-refractivity contribution in [3.05, 3.63) is 45.3 Å². The van der Waals surface area contributed by atoms with Gasteiger partial charge in [0.15, 0.2) is 5.41 Å². The molecule has 25 heavy (non-hydrogen) atoms. The summed E-state index contributed by atoms with van der Waals surface area (Å²) in [5.41, 5.74) is 5.50. The van der Waals surface area contributed by atoms with E-state index in [4.69, 9.17) is 5.73 Å². The van der Waals surface area contributed by atoms with Gasteiger partial charge in [-0.25, -0.2) is 0 Å². The zero-order chi connectivity index (χ0) is 18.2. The van der Waals surface area contributed by atoms with E-state index in [0.717, 1.165) is 10.5 Å². The predicted molar refractivity (Wildman–Crippen MR) is 91.4 cm³/mol. The van der Waals surface area contributed by atoms with Gasteiger partial charge in [-0.05, 0) is 17.0 Å². The summed E-state index contributed by atoms with van der Waals surface area (Å²) in [6, 6.07) is 9.95. The van der Waals surface area contributed by atoms with Crippen LogP contribution in [0.4, 0.5) is 0 Å². The molecule has 1 aromatic heterocycles. The van der Waals surface area contributed by atoms with E-state index in [0.29, 0.717) is 13.1 Å². The van der Waals surface area contributed by atoms with Gasteiger partial charge in [-0.15, -0.1) is 11.3 Å². The molecule has 2 aliphatic rings. The summed E-state index contributed by atoms with van der Waals surface area (Å²) in [7, 11) is 0. The highest BCUT2D eigenvalue weighted by atomic mass is 32.1. The van der Waals surface area contributed by atoms with Crippen molar-refractivity contribution in [3.8, 4) is 18.2 Å². The van der Waals surface area contributed by atoms with E-state index in [1.165, 1.54) is 18.3 Å². The molecule has 2 atom stereocenters. The Balaban J connectivity index is 2.29. The first-order valence-electron chi connectivity index (χ1n) is 7.72. The Kier molecular flexibility index (Phi) is 4.08. The van der Waals surface area contributed by atoms with E-state index >= 15 is 0 Å². The van der Waals surface area contributed by atoms with Gasteiger partial charge in [0, 0.05) is 36.7 Å². The molecular weight excluding hydrogens is 334 g/mol. The molecule has 2 unspecified atom stereocenters. The van der Waals surface area contributed by atoms with Crippen LogP contribution < -0.4 is 5.73 Å². The van der Waals surface area contributed by atoms with E-state index in [2.05, 4.69) is 18.2 Å². The van der Waals surface area contributed by atoms with Crippen LogP contribution in [-0.4, -0.2) is 23.9 Å². The first-order chi connectivity index (χ1) is 12.0. The van der Waals surface area contributed by atoms with Gasteiger partial charge in [-0.3, -0.25) is 4.79 Å². The molecule has 0 aromatic carbocycles. The Labute approximate surface area is 149 Å². The molecular formula is C18H15N5OS. The SMILES string of the molecule is CC(=O)N1CC=C2C(C#N)=C(N)C(C#N)(C#N)C(c3cccs3)C2C1. The molecule has 0 fully saturated rings. The van der Waals surface area contributed by atoms with Crippen molar-refractivity contribution in [3.63, 3.8) is 0 Å². The van der Waals surface area contributed by atoms with Crippen LogP contribution in [0.3, 0.4) is 0 Å². The smallest absolute Gasteiger partial charge is 0.219 e. The van der Waals surface area contributed by atoms with Crippen molar-refractivity contribution < 1.29 is 4.79 Å². The molecule has 2 heterocycles. The number of nitriles is 3. The fourth-order valence-corrected chi connectivity index (χ4v) is 4.67. The lowest BCUT2D eigenvalue weighted by molar-refractivity contribution is -0.129. The molecule has 1 amide bonds. The van der Waals surface area contributed by atoms with Crippen LogP contribution >= 0.6 is 11.3 Å². The largest absolute Gasteiger partial charge is 0.399 e. The molecule has 3 rings (SSSR count). The van der Waals surface area contributed by atoms with Gasteiger partial charge < -0.3 is 10.6 Å². The average molecular weight is 349 g/mol. The number of fused-ring (bicyclic) bond motifs is 1. The molecule has 2 N–H and O–H groups in total. The molecule has 7 heteroatoms. The lowest BCUT2D eigenvalue weighted by atomic mass is 9.59. The minimum atomic E-state index is -1.63. The van der Waals surface area contributed by atoms with Gasteiger partial charge >= 0.3 is 0 Å². The molecule has 0 radical (unpaired) electrons. The van der Waals surface area contributed by atoms with E-state index in [-0.39, 0.29) is 23.1 Å². The number of nitrogens with zero attached hydrogens (tertiary/aromatic N) is 4. The van der Waals surface area contributed by atoms with E-state index in [9.17, 15) is 20.6 Å². The van der Waals surface area contributed by atoms with Crippen LogP contribution in [0.5, 0.6) is 0 Å². The summed E-state index contributed by atoms with van der Waals surface area (Å²) >= 11 is 1.44. The Bertz CT molecular complexity index is 893. The Morgan fingerprint density at radius 3 is 2.64 bits per heavy atom. The van der Waals surface area contributed by atoms with Crippen molar-refractivity contribution in [2.24, 2.45) is 17.1 Å². The third kappa shape index (κ3) is 2.31. The number of rotatable bonds is 1. The monoisotopic (exact) mass is 349 g/mol. The van der Waals surface area contributed by atoms with Crippen molar-refractivity contribution in [2.75, 3.05) is 13.1 Å². The van der Waals surface area contributed by atoms with Crippen LogP contribution in [0.1, 0.15) is 17.7 Å². The van der Waals surface area contributed by atoms with Crippen LogP contribution in [-0.2, 0) is 4.79 Å². The number of carbonyl (C=O) groups excluding carboxylic acids is 1. The standard InChI is InChI=1S/C18H15N5OS/c1-11(24)23-5-4-12-13(7-19)17(22)18(9-20,10-21)16(14(12)8-23)15-3-2-6-25-15/h2-4,6,14,16H,5,8,22H2,1H3. The quantitative estimate of drug-likeness (QED) is 0.832. The summed E-state index contributed by atoms with van der Waals surface area (Å²) in [5, 5.41) is 31.2. The van der Waals surface area contributed by atoms with Gasteiger partial charge in [0.2, 0.25) is 5.91 Å². The van der Waals surface area contributed by atoms with Gasteiger partial charge in [-0.2, -0.15) is 15.8 Å². The summed E-state index contributed by atoms with van der Waals surface area (Å²) in [4.78, 5) is 14.4.